The van der Waals surface area contributed by atoms with E-state index in [9.17, 15) is 18.5 Å². The number of benzene rings is 2. The van der Waals surface area contributed by atoms with E-state index in [1.165, 1.54) is 18.5 Å². The molecule has 1 atom stereocenters. The van der Waals surface area contributed by atoms with Gasteiger partial charge in [-0.1, -0.05) is 0 Å². The van der Waals surface area contributed by atoms with Crippen LogP contribution in [0.2, 0.25) is 0 Å². The maximum Gasteiger partial charge on any atom is 0.269 e. The molecule has 2 aromatic carbocycles. The number of nitrogens with zero attached hydrogens (tertiary/aromatic N) is 3. The van der Waals surface area contributed by atoms with E-state index >= 15 is 0 Å². The van der Waals surface area contributed by atoms with Gasteiger partial charge in [0.25, 0.3) is 5.69 Å². The maximum atomic E-state index is 12.5. The van der Waals surface area contributed by atoms with Gasteiger partial charge in [0, 0.05) is 29.6 Å². The van der Waals surface area contributed by atoms with Crippen LogP contribution in [-0.4, -0.2) is 54.7 Å². The van der Waals surface area contributed by atoms with E-state index in [4.69, 9.17) is 9.47 Å². The Morgan fingerprint density at radius 2 is 1.89 bits per heavy atom. The molecule has 3 rings (SSSR count). The molecule has 36 heavy (non-hydrogen) atoms. The molecule has 0 fully saturated rings. The first-order valence-electron chi connectivity index (χ1n) is 11.1. The number of unbranched alkanes of at least 4 members (excludes halogenated alkanes) is 1. The number of methoxy groups -OCH3 is 1. The van der Waals surface area contributed by atoms with Crippen molar-refractivity contribution in [1.29, 1.82) is 0 Å². The summed E-state index contributed by atoms with van der Waals surface area (Å²) in [7, 11) is -2.95. The fourth-order valence-corrected chi connectivity index (χ4v) is 6.31. The third-order valence-corrected chi connectivity index (χ3v) is 8.48. The van der Waals surface area contributed by atoms with Crippen molar-refractivity contribution in [2.24, 2.45) is 0 Å². The molecular formula is C23H29N5O6S2. The molecule has 1 heterocycles. The van der Waals surface area contributed by atoms with Crippen LogP contribution in [0.3, 0.4) is 0 Å². The number of hydrogen-bond donors (Lipinski definition) is 2. The van der Waals surface area contributed by atoms with E-state index < -0.39 is 25.6 Å². The minimum Gasteiger partial charge on any atom is -0.493 e. The molecule has 2 N–H and O–H groups in total. The minimum absolute atomic E-state index is 0.0249. The molecule has 0 saturated carbocycles. The van der Waals surface area contributed by atoms with E-state index in [0.29, 0.717) is 30.9 Å². The molecule has 1 unspecified atom stereocenters. The summed E-state index contributed by atoms with van der Waals surface area (Å²) in [6.07, 6.45) is 4.52. The molecule has 0 amide bonds. The molecule has 0 saturated heterocycles. The summed E-state index contributed by atoms with van der Waals surface area (Å²) < 4.78 is 39.0. The molecule has 0 radical (unpaired) electrons. The zero-order valence-electron chi connectivity index (χ0n) is 20.4. The van der Waals surface area contributed by atoms with Gasteiger partial charge in [0.05, 0.1) is 29.1 Å². The van der Waals surface area contributed by atoms with Gasteiger partial charge < -0.3 is 14.8 Å². The van der Waals surface area contributed by atoms with Gasteiger partial charge >= 0.3 is 0 Å². The van der Waals surface area contributed by atoms with Gasteiger partial charge in [0.1, 0.15) is 12.1 Å². The lowest BCUT2D eigenvalue weighted by Gasteiger charge is -2.15. The van der Waals surface area contributed by atoms with Crippen LogP contribution in [0, 0.1) is 10.1 Å². The van der Waals surface area contributed by atoms with Gasteiger partial charge in [0.15, 0.2) is 11.5 Å². The Labute approximate surface area is 212 Å². The van der Waals surface area contributed by atoms with E-state index in [2.05, 4.69) is 19.4 Å². The number of non-ortho nitro benzene ring substituents is 1. The highest BCUT2D eigenvalue weighted by Crippen LogP contribution is 2.34. The molecule has 11 nitrogen and oxygen atoms in total. The summed E-state index contributed by atoms with van der Waals surface area (Å²) in [5, 5.41) is 16.7. The van der Waals surface area contributed by atoms with Gasteiger partial charge in [-0.25, -0.2) is 18.4 Å². The normalized spacial score (nSPS) is 12.6. The summed E-state index contributed by atoms with van der Waals surface area (Å²) in [4.78, 5) is 18.8. The zero-order chi connectivity index (χ0) is 26.3. The standard InChI is InChI=1S/C23H29N5O6S2/c1-16(2)26-23-19-13-21(33-3)22(14-20(19)24-15-25-23)34-11-5-6-12-35(4)27-36(31,32)18-9-7-17(8-10-18)28(29)30/h7-10,12-16,27H,5-6,11H2,1-4H3,(H,24,25,26). The number of fused-ring (bicyclic) bond motifs is 1. The smallest absolute Gasteiger partial charge is 0.269 e. The maximum absolute atomic E-state index is 12.5. The first kappa shape index (κ1) is 27.3. The van der Waals surface area contributed by atoms with Crippen molar-refractivity contribution in [3.05, 3.63) is 52.8 Å². The Bertz CT molecular complexity index is 1360. The van der Waals surface area contributed by atoms with E-state index in [1.807, 2.05) is 31.3 Å². The number of sulfonamides is 1. The molecule has 194 valence electrons. The zero-order valence-corrected chi connectivity index (χ0v) is 22.1. The number of nitro groups is 1. The third-order valence-electron chi connectivity index (χ3n) is 4.92. The fourth-order valence-electron chi connectivity index (χ4n) is 3.25. The number of hydrogen-bond acceptors (Lipinski definition) is 9. The Morgan fingerprint density at radius 3 is 2.53 bits per heavy atom. The van der Waals surface area contributed by atoms with Crippen molar-refractivity contribution in [2.45, 2.75) is 37.6 Å². The number of rotatable bonds is 12. The van der Waals surface area contributed by atoms with Crippen molar-refractivity contribution in [1.82, 2.24) is 14.1 Å². The van der Waals surface area contributed by atoms with Crippen molar-refractivity contribution < 1.29 is 22.8 Å². The largest absolute Gasteiger partial charge is 0.493 e. The van der Waals surface area contributed by atoms with Crippen LogP contribution in [-0.2, 0) is 10.0 Å². The van der Waals surface area contributed by atoms with E-state index in [1.54, 1.807) is 13.4 Å². The Morgan fingerprint density at radius 1 is 1.17 bits per heavy atom. The van der Waals surface area contributed by atoms with E-state index in [-0.39, 0.29) is 16.6 Å². The summed E-state index contributed by atoms with van der Waals surface area (Å²) in [5.74, 6) is 1.85. The molecule has 3 aromatic rings. The summed E-state index contributed by atoms with van der Waals surface area (Å²) in [5.41, 5.74) is 0.561. The highest BCUT2D eigenvalue weighted by atomic mass is 32.3. The van der Waals surface area contributed by atoms with Crippen LogP contribution in [0.4, 0.5) is 11.5 Å². The lowest BCUT2D eigenvalue weighted by Crippen LogP contribution is -2.18. The predicted octanol–water partition coefficient (Wildman–Crippen LogP) is 4.12. The number of anilines is 1. The predicted molar refractivity (Wildman–Crippen MR) is 143 cm³/mol. The van der Waals surface area contributed by atoms with Gasteiger partial charge in [0.2, 0.25) is 10.0 Å². The number of aromatic nitrogens is 2. The second-order valence-corrected chi connectivity index (χ2v) is 11.7. The average molecular weight is 536 g/mol. The van der Waals surface area contributed by atoms with Crippen molar-refractivity contribution >= 4 is 48.5 Å². The second kappa shape index (κ2) is 12.1. The number of nitrogens with one attached hydrogen (secondary N) is 2. The molecule has 0 aliphatic carbocycles. The topological polar surface area (TPSA) is 146 Å². The summed E-state index contributed by atoms with van der Waals surface area (Å²) in [6, 6.07) is 8.63. The first-order chi connectivity index (χ1) is 17.1. The van der Waals surface area contributed by atoms with Crippen LogP contribution in [0.25, 0.3) is 10.9 Å². The first-order valence-corrected chi connectivity index (χ1v) is 14.3. The van der Waals surface area contributed by atoms with Gasteiger partial charge in [-0.3, -0.25) is 10.1 Å². The Hall–Kier alpha value is -3.29. The van der Waals surface area contributed by atoms with Gasteiger partial charge in [-0.2, -0.15) is 4.13 Å². The van der Waals surface area contributed by atoms with Crippen LogP contribution in [0.5, 0.6) is 11.5 Å². The van der Waals surface area contributed by atoms with E-state index in [0.717, 1.165) is 28.9 Å². The molecule has 0 bridgehead atoms. The number of ether oxygens (including phenoxy) is 2. The Balaban J connectivity index is 1.58. The van der Waals surface area contributed by atoms with Crippen molar-refractivity contribution in [3.63, 3.8) is 0 Å². The molecule has 0 aliphatic rings. The van der Waals surface area contributed by atoms with Gasteiger partial charge in [-0.05, 0) is 56.5 Å². The average Bonchev–Trinajstić information content (AvgIpc) is 2.83. The monoisotopic (exact) mass is 535 g/mol. The molecule has 0 aliphatic heterocycles. The van der Waals surface area contributed by atoms with Crippen molar-refractivity contribution in [2.75, 3.05) is 25.3 Å². The third kappa shape index (κ3) is 7.12. The van der Waals surface area contributed by atoms with Gasteiger partial charge in [-0.15, -0.1) is 10.7 Å². The molecule has 1 aromatic heterocycles. The van der Waals surface area contributed by atoms with Crippen LogP contribution in [0.1, 0.15) is 26.7 Å². The second-order valence-electron chi connectivity index (χ2n) is 8.09. The fraction of sp³-hybridized carbons (Fsp3) is 0.348. The highest BCUT2D eigenvalue weighted by Gasteiger charge is 2.16. The quantitative estimate of drug-likeness (QED) is 0.151. The SMILES string of the molecule is COc1cc2c(NC(C)C)ncnc2cc1OCCCC=S(C)NS(=O)(=O)c1ccc([N+](=O)[O-])cc1. The minimum atomic E-state index is -3.79. The lowest BCUT2D eigenvalue weighted by molar-refractivity contribution is -0.384. The molecule has 13 heteroatoms. The molecule has 0 spiro atoms. The summed E-state index contributed by atoms with van der Waals surface area (Å²) >= 11 is 0. The summed E-state index contributed by atoms with van der Waals surface area (Å²) in [6.45, 7) is 4.45. The number of nitro benzene ring substituents is 1. The molecular weight excluding hydrogens is 506 g/mol. The van der Waals surface area contributed by atoms with Crippen LogP contribution >= 0.6 is 10.7 Å². The lowest BCUT2D eigenvalue weighted by atomic mass is 10.2. The van der Waals surface area contributed by atoms with Crippen molar-refractivity contribution in [3.8, 4) is 11.5 Å². The van der Waals surface area contributed by atoms with Crippen LogP contribution in [0.15, 0.2) is 47.6 Å². The Kier molecular flexibility index (Phi) is 9.18. The highest BCUT2D eigenvalue weighted by molar-refractivity contribution is 8.19. The van der Waals surface area contributed by atoms with Crippen LogP contribution < -0.4 is 18.9 Å².